The Bertz CT molecular complexity index is 341. The maximum atomic E-state index is 11.4. The molecule has 1 aliphatic rings. The second-order valence-electron chi connectivity index (χ2n) is 3.76. The minimum Gasteiger partial charge on any atom is -0.310 e. The SMILES string of the molecule is CSC(=O)c1ccc(C2CCCN2)cc1. The van der Waals surface area contributed by atoms with E-state index in [0.29, 0.717) is 6.04 Å². The van der Waals surface area contributed by atoms with Gasteiger partial charge in [0.2, 0.25) is 5.12 Å². The van der Waals surface area contributed by atoms with Gasteiger partial charge in [-0.1, -0.05) is 36.0 Å². The first-order chi connectivity index (χ1) is 7.31. The molecule has 3 heteroatoms. The molecule has 1 N–H and O–H groups in total. The van der Waals surface area contributed by atoms with Gasteiger partial charge in [0.15, 0.2) is 0 Å². The molecule has 80 valence electrons. The van der Waals surface area contributed by atoms with Crippen LogP contribution in [0.2, 0.25) is 0 Å². The molecular formula is C12H15NOS. The van der Waals surface area contributed by atoms with E-state index in [4.69, 9.17) is 0 Å². The van der Waals surface area contributed by atoms with Crippen molar-refractivity contribution in [2.45, 2.75) is 18.9 Å². The molecule has 1 unspecified atom stereocenters. The lowest BCUT2D eigenvalue weighted by Gasteiger charge is -2.10. The first kappa shape index (κ1) is 10.7. The van der Waals surface area contributed by atoms with E-state index in [1.54, 1.807) is 0 Å². The van der Waals surface area contributed by atoms with E-state index >= 15 is 0 Å². The Hall–Kier alpha value is -0.800. The summed E-state index contributed by atoms with van der Waals surface area (Å²) in [4.78, 5) is 11.4. The van der Waals surface area contributed by atoms with Crippen molar-refractivity contribution in [3.8, 4) is 0 Å². The van der Waals surface area contributed by atoms with Crippen LogP contribution in [0.4, 0.5) is 0 Å². The summed E-state index contributed by atoms with van der Waals surface area (Å²) < 4.78 is 0. The highest BCUT2D eigenvalue weighted by molar-refractivity contribution is 8.13. The Kier molecular flexibility index (Phi) is 3.44. The number of carbonyl (C=O) groups excluding carboxylic acids is 1. The van der Waals surface area contributed by atoms with Gasteiger partial charge in [0, 0.05) is 11.6 Å². The molecule has 1 saturated heterocycles. The lowest BCUT2D eigenvalue weighted by Crippen LogP contribution is -2.12. The highest BCUT2D eigenvalue weighted by atomic mass is 32.2. The first-order valence-corrected chi connectivity index (χ1v) is 6.45. The third-order valence-electron chi connectivity index (χ3n) is 2.79. The van der Waals surface area contributed by atoms with Gasteiger partial charge < -0.3 is 5.32 Å². The van der Waals surface area contributed by atoms with E-state index in [0.717, 1.165) is 12.1 Å². The summed E-state index contributed by atoms with van der Waals surface area (Å²) in [6, 6.07) is 8.46. The van der Waals surface area contributed by atoms with Crippen LogP contribution in [0.15, 0.2) is 24.3 Å². The summed E-state index contributed by atoms with van der Waals surface area (Å²) in [6.45, 7) is 1.11. The summed E-state index contributed by atoms with van der Waals surface area (Å²) >= 11 is 1.26. The predicted molar refractivity (Wildman–Crippen MR) is 64.3 cm³/mol. The van der Waals surface area contributed by atoms with E-state index in [1.165, 1.54) is 30.2 Å². The van der Waals surface area contributed by atoms with Crippen LogP contribution in [0, 0.1) is 0 Å². The molecule has 0 aromatic heterocycles. The highest BCUT2D eigenvalue weighted by Gasteiger charge is 2.16. The van der Waals surface area contributed by atoms with Crippen molar-refractivity contribution in [2.24, 2.45) is 0 Å². The number of nitrogens with one attached hydrogen (secondary N) is 1. The third-order valence-corrected chi connectivity index (χ3v) is 3.40. The second kappa shape index (κ2) is 4.81. The van der Waals surface area contributed by atoms with Crippen molar-refractivity contribution >= 4 is 16.9 Å². The Balaban J connectivity index is 2.12. The average molecular weight is 221 g/mol. The third kappa shape index (κ3) is 2.41. The van der Waals surface area contributed by atoms with Crippen LogP contribution >= 0.6 is 11.8 Å². The number of hydrogen-bond acceptors (Lipinski definition) is 3. The van der Waals surface area contributed by atoms with Crippen molar-refractivity contribution in [3.63, 3.8) is 0 Å². The van der Waals surface area contributed by atoms with Gasteiger partial charge >= 0.3 is 0 Å². The van der Waals surface area contributed by atoms with Crippen molar-refractivity contribution in [1.82, 2.24) is 5.32 Å². The molecule has 1 aliphatic heterocycles. The molecule has 0 spiro atoms. The fourth-order valence-electron chi connectivity index (χ4n) is 1.94. The Morgan fingerprint density at radius 3 is 2.67 bits per heavy atom. The van der Waals surface area contributed by atoms with Crippen molar-refractivity contribution in [3.05, 3.63) is 35.4 Å². The molecule has 1 aromatic carbocycles. The smallest absolute Gasteiger partial charge is 0.219 e. The van der Waals surface area contributed by atoms with Crippen LogP contribution in [-0.2, 0) is 0 Å². The standard InChI is InChI=1S/C12H15NOS/c1-15-12(14)10-6-4-9(5-7-10)11-3-2-8-13-11/h4-7,11,13H,2-3,8H2,1H3. The zero-order valence-electron chi connectivity index (χ0n) is 8.82. The fourth-order valence-corrected chi connectivity index (χ4v) is 2.31. The lowest BCUT2D eigenvalue weighted by atomic mass is 10.0. The topological polar surface area (TPSA) is 29.1 Å². The number of hydrogen-bond donors (Lipinski definition) is 1. The number of rotatable bonds is 2. The molecule has 1 atom stereocenters. The van der Waals surface area contributed by atoms with Gasteiger partial charge in [-0.25, -0.2) is 0 Å². The van der Waals surface area contributed by atoms with Gasteiger partial charge in [-0.2, -0.15) is 0 Å². The quantitative estimate of drug-likeness (QED) is 0.832. The van der Waals surface area contributed by atoms with Gasteiger partial charge in [-0.05, 0) is 31.2 Å². The van der Waals surface area contributed by atoms with E-state index in [9.17, 15) is 4.79 Å². The zero-order valence-corrected chi connectivity index (χ0v) is 9.64. The molecule has 0 bridgehead atoms. The predicted octanol–water partition coefficient (Wildman–Crippen LogP) is 2.61. The summed E-state index contributed by atoms with van der Waals surface area (Å²) in [5.41, 5.74) is 2.09. The fraction of sp³-hybridized carbons (Fsp3) is 0.417. The molecule has 2 nitrogen and oxygen atoms in total. The van der Waals surface area contributed by atoms with Crippen LogP contribution in [0.1, 0.15) is 34.8 Å². The van der Waals surface area contributed by atoms with Crippen molar-refractivity contribution in [1.29, 1.82) is 0 Å². The zero-order chi connectivity index (χ0) is 10.7. The monoisotopic (exact) mass is 221 g/mol. The first-order valence-electron chi connectivity index (χ1n) is 5.23. The van der Waals surface area contributed by atoms with Crippen LogP contribution in [0.25, 0.3) is 0 Å². The number of benzene rings is 1. The highest BCUT2D eigenvalue weighted by Crippen LogP contribution is 2.23. The summed E-state index contributed by atoms with van der Waals surface area (Å²) in [6.07, 6.45) is 4.26. The minimum atomic E-state index is 0.140. The largest absolute Gasteiger partial charge is 0.310 e. The van der Waals surface area contributed by atoms with E-state index in [2.05, 4.69) is 17.4 Å². The molecule has 1 fully saturated rings. The van der Waals surface area contributed by atoms with E-state index < -0.39 is 0 Å². The number of carbonyl (C=O) groups is 1. The van der Waals surface area contributed by atoms with Crippen LogP contribution in [0.3, 0.4) is 0 Å². The molecule has 1 heterocycles. The minimum absolute atomic E-state index is 0.140. The molecule has 0 radical (unpaired) electrons. The maximum Gasteiger partial charge on any atom is 0.219 e. The van der Waals surface area contributed by atoms with Gasteiger partial charge in [0.05, 0.1) is 0 Å². The number of thioether (sulfide) groups is 1. The van der Waals surface area contributed by atoms with Crippen molar-refractivity contribution in [2.75, 3.05) is 12.8 Å². The molecule has 15 heavy (non-hydrogen) atoms. The van der Waals surface area contributed by atoms with Crippen LogP contribution in [-0.4, -0.2) is 17.9 Å². The molecule has 1 aromatic rings. The van der Waals surface area contributed by atoms with E-state index in [1.807, 2.05) is 18.4 Å². The Morgan fingerprint density at radius 2 is 2.13 bits per heavy atom. The molecule has 2 rings (SSSR count). The van der Waals surface area contributed by atoms with Crippen molar-refractivity contribution < 1.29 is 4.79 Å². The van der Waals surface area contributed by atoms with Gasteiger partial charge in [0.1, 0.15) is 0 Å². The Labute approximate surface area is 94.4 Å². The second-order valence-corrected chi connectivity index (χ2v) is 4.54. The van der Waals surface area contributed by atoms with Crippen LogP contribution in [0.5, 0.6) is 0 Å². The Morgan fingerprint density at radius 1 is 1.40 bits per heavy atom. The summed E-state index contributed by atoms with van der Waals surface area (Å²) in [7, 11) is 0. The van der Waals surface area contributed by atoms with Gasteiger partial charge in [-0.3, -0.25) is 4.79 Å². The molecule has 0 aliphatic carbocycles. The van der Waals surface area contributed by atoms with Gasteiger partial charge in [-0.15, -0.1) is 0 Å². The summed E-state index contributed by atoms with van der Waals surface area (Å²) in [5.74, 6) is 0. The van der Waals surface area contributed by atoms with Gasteiger partial charge in [0.25, 0.3) is 0 Å². The van der Waals surface area contributed by atoms with E-state index in [-0.39, 0.29) is 5.12 Å². The van der Waals surface area contributed by atoms with Crippen LogP contribution < -0.4 is 5.32 Å². The average Bonchev–Trinajstić information content (AvgIpc) is 2.82. The molecule has 0 saturated carbocycles. The normalized spacial score (nSPS) is 20.5. The lowest BCUT2D eigenvalue weighted by molar-refractivity contribution is 0.108. The maximum absolute atomic E-state index is 11.4. The molecular weight excluding hydrogens is 206 g/mol. The summed E-state index contributed by atoms with van der Waals surface area (Å²) in [5, 5.41) is 3.59. The molecule has 0 amide bonds.